The van der Waals surface area contributed by atoms with Crippen LogP contribution in [0.4, 0.5) is 5.69 Å². The molecule has 1 heterocycles. The summed E-state index contributed by atoms with van der Waals surface area (Å²) in [6.07, 6.45) is 1.49. The zero-order chi connectivity index (χ0) is 11.4. The molecule has 0 aliphatic rings. The second-order valence-electron chi connectivity index (χ2n) is 3.04. The number of nitrogens with zero attached hydrogens (tertiary/aromatic N) is 1. The third-order valence-electron chi connectivity index (χ3n) is 1.74. The van der Waals surface area contributed by atoms with Gasteiger partial charge in [-0.2, -0.15) is 0 Å². The van der Waals surface area contributed by atoms with Crippen molar-refractivity contribution >= 4 is 50.7 Å². The molecule has 0 bridgehead atoms. The standard InChI is InChI=1S/C9H9BrCl2N2O/c1-5(3-11)9(15)14-6-2-7(10)8(12)13-4-6/h2,4-5H,3H2,1H3,(H,14,15). The van der Waals surface area contributed by atoms with Crippen LogP contribution >= 0.6 is 39.1 Å². The number of rotatable bonds is 3. The van der Waals surface area contributed by atoms with Crippen LogP contribution in [0, 0.1) is 5.92 Å². The Morgan fingerprint density at radius 1 is 1.73 bits per heavy atom. The van der Waals surface area contributed by atoms with Gasteiger partial charge in [-0.05, 0) is 22.0 Å². The number of halogens is 3. The number of hydrogen-bond donors (Lipinski definition) is 1. The van der Waals surface area contributed by atoms with Crippen molar-refractivity contribution < 1.29 is 4.79 Å². The molecule has 0 aliphatic carbocycles. The van der Waals surface area contributed by atoms with Gasteiger partial charge in [-0.1, -0.05) is 18.5 Å². The zero-order valence-electron chi connectivity index (χ0n) is 7.93. The van der Waals surface area contributed by atoms with E-state index in [-0.39, 0.29) is 17.7 Å². The second-order valence-corrected chi connectivity index (χ2v) is 4.56. The van der Waals surface area contributed by atoms with E-state index in [0.29, 0.717) is 15.3 Å². The Morgan fingerprint density at radius 2 is 2.40 bits per heavy atom. The minimum absolute atomic E-state index is 0.138. The Morgan fingerprint density at radius 3 is 2.93 bits per heavy atom. The number of hydrogen-bond acceptors (Lipinski definition) is 2. The first kappa shape index (κ1) is 12.7. The molecule has 82 valence electrons. The highest BCUT2D eigenvalue weighted by molar-refractivity contribution is 9.10. The quantitative estimate of drug-likeness (QED) is 0.687. The number of amides is 1. The van der Waals surface area contributed by atoms with E-state index in [1.54, 1.807) is 13.0 Å². The maximum Gasteiger partial charge on any atom is 0.228 e. The van der Waals surface area contributed by atoms with Gasteiger partial charge in [-0.3, -0.25) is 4.79 Å². The fourth-order valence-electron chi connectivity index (χ4n) is 0.825. The van der Waals surface area contributed by atoms with Crippen molar-refractivity contribution in [1.29, 1.82) is 0 Å². The van der Waals surface area contributed by atoms with Crippen LogP contribution < -0.4 is 5.32 Å². The summed E-state index contributed by atoms with van der Waals surface area (Å²) in [4.78, 5) is 15.4. The number of pyridine rings is 1. The van der Waals surface area contributed by atoms with E-state index in [2.05, 4.69) is 26.2 Å². The molecule has 3 nitrogen and oxygen atoms in total. The molecule has 15 heavy (non-hydrogen) atoms. The summed E-state index contributed by atoms with van der Waals surface area (Å²) in [5.41, 5.74) is 0.591. The number of nitrogens with one attached hydrogen (secondary N) is 1. The monoisotopic (exact) mass is 310 g/mol. The lowest BCUT2D eigenvalue weighted by Crippen LogP contribution is -2.21. The fraction of sp³-hybridized carbons (Fsp3) is 0.333. The van der Waals surface area contributed by atoms with E-state index in [0.717, 1.165) is 0 Å². The largest absolute Gasteiger partial charge is 0.324 e. The highest BCUT2D eigenvalue weighted by Gasteiger charge is 2.12. The predicted octanol–water partition coefficient (Wildman–Crippen LogP) is 3.31. The molecule has 1 N–H and O–H groups in total. The van der Waals surface area contributed by atoms with Crippen molar-refractivity contribution in [1.82, 2.24) is 4.98 Å². The van der Waals surface area contributed by atoms with Gasteiger partial charge in [0.2, 0.25) is 5.91 Å². The first-order valence-corrected chi connectivity index (χ1v) is 5.93. The van der Waals surface area contributed by atoms with Crippen LogP contribution in [0.1, 0.15) is 6.92 Å². The van der Waals surface area contributed by atoms with E-state index < -0.39 is 0 Å². The van der Waals surface area contributed by atoms with Crippen LogP contribution in [0.2, 0.25) is 5.15 Å². The van der Waals surface area contributed by atoms with Crippen LogP contribution in [-0.2, 0) is 4.79 Å². The van der Waals surface area contributed by atoms with Crippen LogP contribution in [0.25, 0.3) is 0 Å². The lowest BCUT2D eigenvalue weighted by molar-refractivity contribution is -0.118. The van der Waals surface area contributed by atoms with Crippen LogP contribution in [0.5, 0.6) is 0 Å². The minimum atomic E-state index is -0.235. The second kappa shape index (κ2) is 5.68. The van der Waals surface area contributed by atoms with E-state index in [9.17, 15) is 4.79 Å². The molecule has 6 heteroatoms. The summed E-state index contributed by atoms with van der Waals surface area (Å²) >= 11 is 14.5. The third kappa shape index (κ3) is 3.63. The molecular weight excluding hydrogens is 303 g/mol. The molecule has 0 aliphatic heterocycles. The average Bonchev–Trinajstić information content (AvgIpc) is 2.22. The minimum Gasteiger partial charge on any atom is -0.324 e. The summed E-state index contributed by atoms with van der Waals surface area (Å²) in [6.45, 7) is 1.75. The van der Waals surface area contributed by atoms with Crippen molar-refractivity contribution in [2.24, 2.45) is 5.92 Å². The van der Waals surface area contributed by atoms with E-state index >= 15 is 0 Å². The maximum absolute atomic E-state index is 11.5. The normalized spacial score (nSPS) is 12.3. The Balaban J connectivity index is 2.73. The van der Waals surface area contributed by atoms with Crippen LogP contribution in [-0.4, -0.2) is 16.8 Å². The van der Waals surface area contributed by atoms with Crippen molar-refractivity contribution in [2.75, 3.05) is 11.2 Å². The Hall–Kier alpha value is -0.320. The lowest BCUT2D eigenvalue weighted by Gasteiger charge is -2.09. The molecular formula is C9H9BrCl2N2O. The molecule has 0 saturated heterocycles. The highest BCUT2D eigenvalue weighted by atomic mass is 79.9. The van der Waals surface area contributed by atoms with Gasteiger partial charge < -0.3 is 5.32 Å². The smallest absolute Gasteiger partial charge is 0.228 e. The van der Waals surface area contributed by atoms with E-state index in [1.807, 2.05) is 0 Å². The molecule has 1 atom stereocenters. The zero-order valence-corrected chi connectivity index (χ0v) is 11.0. The summed E-state index contributed by atoms with van der Waals surface area (Å²) in [5, 5.41) is 3.05. The predicted molar refractivity (Wildman–Crippen MR) is 65.5 cm³/mol. The number of alkyl halides is 1. The molecule has 0 spiro atoms. The van der Waals surface area contributed by atoms with E-state index in [1.165, 1.54) is 6.20 Å². The van der Waals surface area contributed by atoms with Crippen molar-refractivity contribution in [3.8, 4) is 0 Å². The molecule has 1 rings (SSSR count). The van der Waals surface area contributed by atoms with Gasteiger partial charge >= 0.3 is 0 Å². The Bertz CT molecular complexity index is 373. The first-order chi connectivity index (χ1) is 7.04. The summed E-state index contributed by atoms with van der Waals surface area (Å²) < 4.78 is 0.639. The van der Waals surface area contributed by atoms with Gasteiger partial charge in [0.1, 0.15) is 5.15 Å². The van der Waals surface area contributed by atoms with Crippen molar-refractivity contribution in [2.45, 2.75) is 6.92 Å². The number of carbonyl (C=O) groups excluding carboxylic acids is 1. The number of aromatic nitrogens is 1. The average molecular weight is 312 g/mol. The third-order valence-corrected chi connectivity index (χ3v) is 3.34. The van der Waals surface area contributed by atoms with Gasteiger partial charge in [0.25, 0.3) is 0 Å². The lowest BCUT2D eigenvalue weighted by atomic mass is 10.2. The fourth-order valence-corrected chi connectivity index (χ4v) is 1.42. The summed E-state index contributed by atoms with van der Waals surface area (Å²) in [6, 6.07) is 1.69. The molecule has 1 amide bonds. The number of carbonyl (C=O) groups is 1. The molecule has 1 aromatic heterocycles. The van der Waals surface area contributed by atoms with Gasteiger partial charge in [0, 0.05) is 11.8 Å². The Labute approximate surface area is 106 Å². The van der Waals surface area contributed by atoms with E-state index in [4.69, 9.17) is 23.2 Å². The van der Waals surface area contributed by atoms with Gasteiger partial charge in [-0.25, -0.2) is 4.98 Å². The molecule has 0 fully saturated rings. The topological polar surface area (TPSA) is 42.0 Å². The van der Waals surface area contributed by atoms with Crippen molar-refractivity contribution in [3.63, 3.8) is 0 Å². The molecule has 1 unspecified atom stereocenters. The first-order valence-electron chi connectivity index (χ1n) is 4.22. The summed E-state index contributed by atoms with van der Waals surface area (Å²) in [5.74, 6) is -0.0873. The SMILES string of the molecule is CC(CCl)C(=O)Nc1cnc(Cl)c(Br)c1. The van der Waals surface area contributed by atoms with Crippen molar-refractivity contribution in [3.05, 3.63) is 21.9 Å². The number of anilines is 1. The summed E-state index contributed by atoms with van der Waals surface area (Å²) in [7, 11) is 0. The van der Waals surface area contributed by atoms with Gasteiger partial charge in [0.15, 0.2) is 0 Å². The molecule has 0 radical (unpaired) electrons. The van der Waals surface area contributed by atoms with Gasteiger partial charge in [0.05, 0.1) is 16.4 Å². The maximum atomic E-state index is 11.5. The van der Waals surface area contributed by atoms with Crippen LogP contribution in [0.15, 0.2) is 16.7 Å². The molecule has 0 saturated carbocycles. The molecule has 0 aromatic carbocycles. The van der Waals surface area contributed by atoms with Gasteiger partial charge in [-0.15, -0.1) is 11.6 Å². The highest BCUT2D eigenvalue weighted by Crippen LogP contribution is 2.23. The molecule has 1 aromatic rings. The van der Waals surface area contributed by atoms with Crippen LogP contribution in [0.3, 0.4) is 0 Å². The Kier molecular flexibility index (Phi) is 4.83.